The molecular formula is C18H20N4O2S. The first kappa shape index (κ1) is 18.4. The zero-order valence-corrected chi connectivity index (χ0v) is 14.9. The Hall–Kier alpha value is -2.93. The summed E-state index contributed by atoms with van der Waals surface area (Å²) in [6.45, 7) is 0. The molecule has 0 aliphatic heterocycles. The predicted molar refractivity (Wildman–Crippen MR) is 102 cm³/mol. The Morgan fingerprint density at radius 3 is 2.20 bits per heavy atom. The van der Waals surface area contributed by atoms with Crippen LogP contribution in [0.5, 0.6) is 0 Å². The van der Waals surface area contributed by atoms with E-state index in [0.29, 0.717) is 5.56 Å². The van der Waals surface area contributed by atoms with E-state index in [-0.39, 0.29) is 23.3 Å². The van der Waals surface area contributed by atoms with Crippen LogP contribution in [-0.2, 0) is 11.2 Å². The van der Waals surface area contributed by atoms with Crippen molar-refractivity contribution in [1.29, 1.82) is 0 Å². The van der Waals surface area contributed by atoms with E-state index in [1.54, 1.807) is 24.3 Å². The van der Waals surface area contributed by atoms with Gasteiger partial charge in [0.15, 0.2) is 5.11 Å². The van der Waals surface area contributed by atoms with Crippen LogP contribution in [0.25, 0.3) is 0 Å². The van der Waals surface area contributed by atoms with Crippen LogP contribution in [-0.4, -0.2) is 31.0 Å². The van der Waals surface area contributed by atoms with E-state index in [1.807, 2.05) is 49.3 Å². The summed E-state index contributed by atoms with van der Waals surface area (Å²) >= 11 is 5.00. The first-order chi connectivity index (χ1) is 12.0. The van der Waals surface area contributed by atoms with Crippen LogP contribution in [0, 0.1) is 0 Å². The van der Waals surface area contributed by atoms with E-state index in [9.17, 15) is 9.59 Å². The second-order valence-electron chi connectivity index (χ2n) is 5.56. The molecular weight excluding hydrogens is 336 g/mol. The highest BCUT2D eigenvalue weighted by atomic mass is 32.1. The molecule has 6 nitrogen and oxygen atoms in total. The average molecular weight is 356 g/mol. The molecule has 0 bridgehead atoms. The summed E-state index contributed by atoms with van der Waals surface area (Å²) in [7, 11) is 3.91. The van der Waals surface area contributed by atoms with Gasteiger partial charge in [0.1, 0.15) is 0 Å². The molecule has 0 radical (unpaired) electrons. The maximum Gasteiger partial charge on any atom is 0.257 e. The van der Waals surface area contributed by atoms with Crippen LogP contribution in [0.1, 0.15) is 15.9 Å². The van der Waals surface area contributed by atoms with Gasteiger partial charge < -0.3 is 4.90 Å². The Labute approximate surface area is 152 Å². The van der Waals surface area contributed by atoms with E-state index in [4.69, 9.17) is 12.2 Å². The molecule has 0 unspecified atom stereocenters. The molecule has 3 N–H and O–H groups in total. The summed E-state index contributed by atoms with van der Waals surface area (Å²) < 4.78 is 0. The third kappa shape index (κ3) is 5.89. The Bertz CT molecular complexity index is 745. The number of carbonyl (C=O) groups is 2. The third-order valence-corrected chi connectivity index (χ3v) is 3.60. The lowest BCUT2D eigenvalue weighted by atomic mass is 10.1. The summed E-state index contributed by atoms with van der Waals surface area (Å²) in [6, 6.07) is 16.4. The average Bonchev–Trinajstić information content (AvgIpc) is 2.61. The summed E-state index contributed by atoms with van der Waals surface area (Å²) in [4.78, 5) is 25.8. The molecule has 2 aromatic carbocycles. The van der Waals surface area contributed by atoms with Crippen LogP contribution in [0.2, 0.25) is 0 Å². The zero-order chi connectivity index (χ0) is 18.2. The molecule has 0 aliphatic rings. The lowest BCUT2D eigenvalue weighted by Gasteiger charge is -2.13. The highest BCUT2D eigenvalue weighted by Crippen LogP contribution is 2.12. The van der Waals surface area contributed by atoms with Crippen molar-refractivity contribution < 1.29 is 9.59 Å². The van der Waals surface area contributed by atoms with Crippen molar-refractivity contribution in [3.63, 3.8) is 0 Å². The van der Waals surface area contributed by atoms with Gasteiger partial charge >= 0.3 is 0 Å². The van der Waals surface area contributed by atoms with Gasteiger partial charge in [-0.25, -0.2) is 0 Å². The molecule has 2 amide bonds. The highest BCUT2D eigenvalue weighted by Gasteiger charge is 2.08. The number of rotatable bonds is 4. The number of hydrogen-bond acceptors (Lipinski definition) is 4. The van der Waals surface area contributed by atoms with Gasteiger partial charge in [-0.15, -0.1) is 0 Å². The smallest absolute Gasteiger partial charge is 0.257 e. The molecule has 2 rings (SSSR count). The number of amides is 2. The molecule has 0 aliphatic carbocycles. The molecule has 0 fully saturated rings. The quantitative estimate of drug-likeness (QED) is 0.574. The monoisotopic (exact) mass is 356 g/mol. The fourth-order valence-electron chi connectivity index (χ4n) is 2.06. The SMILES string of the molecule is CN(C)c1ccc(CC(=O)NNC(=S)NC(=O)c2ccccc2)cc1. The standard InChI is InChI=1S/C18H20N4O2S/c1-22(2)15-10-8-13(9-11-15)12-16(23)20-21-18(25)19-17(24)14-6-4-3-5-7-14/h3-11H,12H2,1-2H3,(H,20,23)(H2,19,21,24,25). The van der Waals surface area contributed by atoms with Gasteiger partial charge in [0.25, 0.3) is 5.91 Å². The lowest BCUT2D eigenvalue weighted by Crippen LogP contribution is -2.48. The minimum atomic E-state index is -0.341. The van der Waals surface area contributed by atoms with E-state index in [1.165, 1.54) is 0 Å². The number of carbonyl (C=O) groups excluding carboxylic acids is 2. The maximum atomic E-state index is 11.9. The minimum absolute atomic E-state index is 0.0326. The molecule has 0 saturated carbocycles. The van der Waals surface area contributed by atoms with Crippen molar-refractivity contribution in [3.05, 3.63) is 65.7 Å². The largest absolute Gasteiger partial charge is 0.378 e. The Morgan fingerprint density at radius 2 is 1.60 bits per heavy atom. The molecule has 2 aromatic rings. The van der Waals surface area contributed by atoms with E-state index < -0.39 is 0 Å². The van der Waals surface area contributed by atoms with Gasteiger partial charge in [-0.2, -0.15) is 0 Å². The summed E-state index contributed by atoms with van der Waals surface area (Å²) in [6.07, 6.45) is 0.204. The first-order valence-electron chi connectivity index (χ1n) is 7.67. The molecule has 0 saturated heterocycles. The summed E-state index contributed by atoms with van der Waals surface area (Å²) in [5.41, 5.74) is 7.42. The zero-order valence-electron chi connectivity index (χ0n) is 14.1. The van der Waals surface area contributed by atoms with Crippen LogP contribution in [0.4, 0.5) is 5.69 Å². The summed E-state index contributed by atoms with van der Waals surface area (Å²) in [5, 5.41) is 2.53. The first-order valence-corrected chi connectivity index (χ1v) is 8.08. The van der Waals surface area contributed by atoms with Crippen LogP contribution < -0.4 is 21.1 Å². The van der Waals surface area contributed by atoms with E-state index in [0.717, 1.165) is 11.3 Å². The third-order valence-electron chi connectivity index (χ3n) is 3.40. The van der Waals surface area contributed by atoms with Gasteiger partial charge in [0.2, 0.25) is 5.91 Å². The molecule has 7 heteroatoms. The Kier molecular flexibility index (Phi) is 6.47. The van der Waals surface area contributed by atoms with Gasteiger partial charge in [0, 0.05) is 25.3 Å². The van der Waals surface area contributed by atoms with Crippen molar-refractivity contribution in [2.75, 3.05) is 19.0 Å². The number of hydrazine groups is 1. The fraction of sp³-hybridized carbons (Fsp3) is 0.167. The molecule has 0 spiro atoms. The normalized spacial score (nSPS) is 9.84. The van der Waals surface area contributed by atoms with E-state index in [2.05, 4.69) is 16.2 Å². The number of hydrogen-bond donors (Lipinski definition) is 3. The molecule has 0 atom stereocenters. The number of nitrogens with zero attached hydrogens (tertiary/aromatic N) is 1. The second-order valence-corrected chi connectivity index (χ2v) is 5.97. The Balaban J connectivity index is 1.77. The van der Waals surface area contributed by atoms with Crippen molar-refractivity contribution in [2.24, 2.45) is 0 Å². The number of benzene rings is 2. The predicted octanol–water partition coefficient (Wildman–Crippen LogP) is 1.63. The number of anilines is 1. The Morgan fingerprint density at radius 1 is 0.960 bits per heavy atom. The number of thiocarbonyl (C=S) groups is 1. The van der Waals surface area contributed by atoms with Crippen LogP contribution in [0.15, 0.2) is 54.6 Å². The molecule has 0 heterocycles. The van der Waals surface area contributed by atoms with Gasteiger partial charge in [-0.3, -0.25) is 25.8 Å². The second kappa shape index (κ2) is 8.79. The topological polar surface area (TPSA) is 73.5 Å². The summed E-state index contributed by atoms with van der Waals surface area (Å²) in [5.74, 6) is -0.597. The lowest BCUT2D eigenvalue weighted by molar-refractivity contribution is -0.121. The van der Waals surface area contributed by atoms with Crippen molar-refractivity contribution in [2.45, 2.75) is 6.42 Å². The fourth-order valence-corrected chi connectivity index (χ4v) is 2.21. The van der Waals surface area contributed by atoms with Crippen molar-refractivity contribution in [1.82, 2.24) is 16.2 Å². The maximum absolute atomic E-state index is 11.9. The molecule has 25 heavy (non-hydrogen) atoms. The van der Waals surface area contributed by atoms with E-state index >= 15 is 0 Å². The van der Waals surface area contributed by atoms with Crippen LogP contribution >= 0.6 is 12.2 Å². The van der Waals surface area contributed by atoms with Gasteiger partial charge in [-0.05, 0) is 42.0 Å². The van der Waals surface area contributed by atoms with Crippen molar-refractivity contribution >= 4 is 34.8 Å². The molecule has 0 aromatic heterocycles. The van der Waals surface area contributed by atoms with Crippen molar-refractivity contribution in [3.8, 4) is 0 Å². The number of nitrogens with one attached hydrogen (secondary N) is 3. The van der Waals surface area contributed by atoms with Crippen LogP contribution in [0.3, 0.4) is 0 Å². The molecule has 130 valence electrons. The highest BCUT2D eigenvalue weighted by molar-refractivity contribution is 7.80. The minimum Gasteiger partial charge on any atom is -0.378 e. The van der Waals surface area contributed by atoms with Gasteiger partial charge in [0.05, 0.1) is 6.42 Å². The van der Waals surface area contributed by atoms with Gasteiger partial charge in [-0.1, -0.05) is 30.3 Å².